The molecule has 0 unspecified atom stereocenters. The highest BCUT2D eigenvalue weighted by Crippen LogP contribution is 2.33. The van der Waals surface area contributed by atoms with Gasteiger partial charge in [-0.1, -0.05) is 12.1 Å². The Balaban J connectivity index is 1.81. The third kappa shape index (κ3) is 2.54. The summed E-state index contributed by atoms with van der Waals surface area (Å²) in [6, 6.07) is 6.48. The maximum atomic E-state index is 13.0. The standard InChI is InChI=1S/C13H16FN5O/c1-18-13(15-16-17-18)8-19-7-11(20)6-12(19)9-2-4-10(14)5-3-9/h2-5,11-12,20H,6-8H2,1H3/t11-,12+/m1/s1. The van der Waals surface area contributed by atoms with Gasteiger partial charge in [-0.05, 0) is 34.5 Å². The van der Waals surface area contributed by atoms with Crippen molar-refractivity contribution in [1.29, 1.82) is 0 Å². The molecule has 20 heavy (non-hydrogen) atoms. The average Bonchev–Trinajstić information content (AvgIpc) is 2.98. The largest absolute Gasteiger partial charge is 0.392 e. The van der Waals surface area contributed by atoms with Crippen molar-refractivity contribution in [2.45, 2.75) is 25.1 Å². The zero-order valence-corrected chi connectivity index (χ0v) is 11.1. The molecule has 1 aliphatic heterocycles. The van der Waals surface area contributed by atoms with Crippen molar-refractivity contribution in [3.8, 4) is 0 Å². The first kappa shape index (κ1) is 13.1. The molecule has 6 nitrogen and oxygen atoms in total. The molecule has 1 aromatic carbocycles. The van der Waals surface area contributed by atoms with Crippen molar-refractivity contribution < 1.29 is 9.50 Å². The van der Waals surface area contributed by atoms with Crippen LogP contribution in [0.25, 0.3) is 0 Å². The van der Waals surface area contributed by atoms with Crippen LogP contribution in [0.15, 0.2) is 24.3 Å². The maximum Gasteiger partial charge on any atom is 0.165 e. The number of β-amino-alcohol motifs (C(OH)–C–C–N with tert-alkyl or cyclic N) is 1. The molecule has 1 N–H and O–H groups in total. The third-order valence-corrected chi connectivity index (χ3v) is 3.69. The molecule has 1 aliphatic rings. The van der Waals surface area contributed by atoms with Crippen LogP contribution in [0.4, 0.5) is 4.39 Å². The number of aliphatic hydroxyl groups is 1. The van der Waals surface area contributed by atoms with Gasteiger partial charge in [0.15, 0.2) is 5.82 Å². The van der Waals surface area contributed by atoms with Gasteiger partial charge in [0.2, 0.25) is 0 Å². The number of benzene rings is 1. The van der Waals surface area contributed by atoms with E-state index in [4.69, 9.17) is 0 Å². The summed E-state index contributed by atoms with van der Waals surface area (Å²) in [6.45, 7) is 1.12. The number of likely N-dealkylation sites (tertiary alicyclic amines) is 1. The summed E-state index contributed by atoms with van der Waals surface area (Å²) in [4.78, 5) is 2.11. The van der Waals surface area contributed by atoms with E-state index in [1.54, 1.807) is 23.9 Å². The van der Waals surface area contributed by atoms with Crippen molar-refractivity contribution in [2.24, 2.45) is 7.05 Å². The van der Waals surface area contributed by atoms with Crippen LogP contribution < -0.4 is 0 Å². The molecule has 0 aliphatic carbocycles. The van der Waals surface area contributed by atoms with Crippen molar-refractivity contribution >= 4 is 0 Å². The first-order valence-electron chi connectivity index (χ1n) is 6.52. The molecule has 2 aromatic rings. The Labute approximate surface area is 115 Å². The van der Waals surface area contributed by atoms with Gasteiger partial charge in [0.1, 0.15) is 5.82 Å². The molecule has 1 aromatic heterocycles. The summed E-state index contributed by atoms with van der Waals surface area (Å²) in [6.07, 6.45) is 0.253. The highest BCUT2D eigenvalue weighted by Gasteiger charge is 2.32. The number of halogens is 1. The Morgan fingerprint density at radius 3 is 2.75 bits per heavy atom. The molecule has 2 heterocycles. The second-order valence-corrected chi connectivity index (χ2v) is 5.11. The summed E-state index contributed by atoms with van der Waals surface area (Å²) in [5, 5.41) is 21.3. The number of hydrogen-bond acceptors (Lipinski definition) is 5. The van der Waals surface area contributed by atoms with E-state index in [1.165, 1.54) is 12.1 Å². The Bertz CT molecular complexity index is 585. The van der Waals surface area contributed by atoms with Gasteiger partial charge in [0.25, 0.3) is 0 Å². The number of aliphatic hydroxyl groups excluding tert-OH is 1. The number of hydrogen-bond donors (Lipinski definition) is 1. The lowest BCUT2D eigenvalue weighted by atomic mass is 10.0. The molecule has 7 heteroatoms. The van der Waals surface area contributed by atoms with Crippen LogP contribution in [0, 0.1) is 5.82 Å². The van der Waals surface area contributed by atoms with Crippen LogP contribution in [-0.4, -0.2) is 42.9 Å². The first-order chi connectivity index (χ1) is 9.63. The second kappa shape index (κ2) is 5.26. The Morgan fingerprint density at radius 2 is 2.10 bits per heavy atom. The fourth-order valence-electron chi connectivity index (χ4n) is 2.65. The van der Waals surface area contributed by atoms with Crippen LogP contribution in [-0.2, 0) is 13.6 Å². The zero-order valence-electron chi connectivity index (χ0n) is 11.1. The minimum absolute atomic E-state index is 0.0577. The van der Waals surface area contributed by atoms with E-state index in [9.17, 15) is 9.50 Å². The molecule has 3 rings (SSSR count). The van der Waals surface area contributed by atoms with E-state index in [2.05, 4.69) is 20.4 Å². The monoisotopic (exact) mass is 277 g/mol. The summed E-state index contributed by atoms with van der Waals surface area (Å²) in [5.41, 5.74) is 0.998. The van der Waals surface area contributed by atoms with E-state index in [0.717, 1.165) is 11.4 Å². The van der Waals surface area contributed by atoms with Crippen LogP contribution in [0.1, 0.15) is 23.9 Å². The Morgan fingerprint density at radius 1 is 1.35 bits per heavy atom. The number of nitrogens with zero attached hydrogens (tertiary/aromatic N) is 5. The number of aromatic nitrogens is 4. The maximum absolute atomic E-state index is 13.0. The number of rotatable bonds is 3. The Kier molecular flexibility index (Phi) is 3.45. The minimum Gasteiger partial charge on any atom is -0.392 e. The highest BCUT2D eigenvalue weighted by molar-refractivity contribution is 5.21. The molecular weight excluding hydrogens is 261 g/mol. The van der Waals surface area contributed by atoms with E-state index in [-0.39, 0.29) is 18.0 Å². The molecule has 0 bridgehead atoms. The third-order valence-electron chi connectivity index (χ3n) is 3.69. The normalized spacial score (nSPS) is 23.4. The molecule has 1 saturated heterocycles. The van der Waals surface area contributed by atoms with Crippen LogP contribution in [0.5, 0.6) is 0 Å². The topological polar surface area (TPSA) is 67.1 Å². The van der Waals surface area contributed by atoms with E-state index in [0.29, 0.717) is 19.5 Å². The summed E-state index contributed by atoms with van der Waals surface area (Å²) in [5.74, 6) is 0.488. The molecule has 0 spiro atoms. The van der Waals surface area contributed by atoms with E-state index in [1.807, 2.05) is 0 Å². The fourth-order valence-corrected chi connectivity index (χ4v) is 2.65. The summed E-state index contributed by atoms with van der Waals surface area (Å²) in [7, 11) is 1.79. The van der Waals surface area contributed by atoms with Crippen molar-refractivity contribution in [2.75, 3.05) is 6.54 Å². The van der Waals surface area contributed by atoms with Crippen LogP contribution in [0.2, 0.25) is 0 Å². The van der Waals surface area contributed by atoms with E-state index < -0.39 is 0 Å². The lowest BCUT2D eigenvalue weighted by molar-refractivity contribution is 0.170. The van der Waals surface area contributed by atoms with Gasteiger partial charge < -0.3 is 5.11 Å². The predicted molar refractivity (Wildman–Crippen MR) is 69.0 cm³/mol. The van der Waals surface area contributed by atoms with Gasteiger partial charge in [-0.25, -0.2) is 9.07 Å². The first-order valence-corrected chi connectivity index (χ1v) is 6.52. The lowest BCUT2D eigenvalue weighted by Gasteiger charge is -2.23. The minimum atomic E-state index is -0.383. The fraction of sp³-hybridized carbons (Fsp3) is 0.462. The summed E-state index contributed by atoms with van der Waals surface area (Å²) < 4.78 is 14.6. The van der Waals surface area contributed by atoms with Crippen molar-refractivity contribution in [1.82, 2.24) is 25.1 Å². The van der Waals surface area contributed by atoms with Gasteiger partial charge in [-0.15, -0.1) is 5.10 Å². The lowest BCUT2D eigenvalue weighted by Crippen LogP contribution is -2.26. The summed E-state index contributed by atoms with van der Waals surface area (Å²) >= 11 is 0. The molecule has 0 amide bonds. The van der Waals surface area contributed by atoms with Crippen molar-refractivity contribution in [3.63, 3.8) is 0 Å². The molecule has 106 valence electrons. The van der Waals surface area contributed by atoms with Gasteiger partial charge in [0.05, 0.1) is 12.6 Å². The van der Waals surface area contributed by atoms with Crippen LogP contribution >= 0.6 is 0 Å². The molecule has 2 atom stereocenters. The van der Waals surface area contributed by atoms with Gasteiger partial charge in [-0.2, -0.15) is 0 Å². The smallest absolute Gasteiger partial charge is 0.165 e. The van der Waals surface area contributed by atoms with Gasteiger partial charge >= 0.3 is 0 Å². The SMILES string of the molecule is Cn1nnnc1CN1C[C@H](O)C[C@H]1c1ccc(F)cc1. The number of tetrazole rings is 1. The molecule has 1 fully saturated rings. The predicted octanol–water partition coefficient (Wildman–Crippen LogP) is 0.657. The van der Waals surface area contributed by atoms with Crippen molar-refractivity contribution in [3.05, 3.63) is 41.5 Å². The number of aryl methyl sites for hydroxylation is 1. The second-order valence-electron chi connectivity index (χ2n) is 5.11. The quantitative estimate of drug-likeness (QED) is 0.892. The van der Waals surface area contributed by atoms with E-state index >= 15 is 0 Å². The van der Waals surface area contributed by atoms with Gasteiger partial charge in [0, 0.05) is 19.6 Å². The molecular formula is C13H16FN5O. The molecule has 0 radical (unpaired) electrons. The zero-order chi connectivity index (χ0) is 14.1. The van der Waals surface area contributed by atoms with Gasteiger partial charge in [-0.3, -0.25) is 4.90 Å². The average molecular weight is 277 g/mol. The van der Waals surface area contributed by atoms with Crippen LogP contribution in [0.3, 0.4) is 0 Å². The molecule has 0 saturated carbocycles. The Hall–Kier alpha value is -1.86. The highest BCUT2D eigenvalue weighted by atomic mass is 19.1.